The van der Waals surface area contributed by atoms with Crippen LogP contribution in [0.3, 0.4) is 0 Å². The molecule has 0 saturated heterocycles. The van der Waals surface area contributed by atoms with E-state index in [0.29, 0.717) is 37.9 Å². The van der Waals surface area contributed by atoms with Crippen molar-refractivity contribution in [3.63, 3.8) is 0 Å². The largest absolute Gasteiger partial charge is 0.497 e. The second-order valence-corrected chi connectivity index (χ2v) is 9.06. The van der Waals surface area contributed by atoms with Crippen molar-refractivity contribution in [2.45, 2.75) is 13.0 Å². The number of furan rings is 1. The lowest BCUT2D eigenvalue weighted by Crippen LogP contribution is -2.40. The zero-order valence-electron chi connectivity index (χ0n) is 20.5. The molecule has 0 radical (unpaired) electrons. The highest BCUT2D eigenvalue weighted by molar-refractivity contribution is 7.07. The quantitative estimate of drug-likeness (QED) is 0.349. The molecule has 0 bridgehead atoms. The number of carbonyl (C=O) groups is 1. The predicted molar refractivity (Wildman–Crippen MR) is 139 cm³/mol. The number of carbonyl (C=O) groups excluding carboxylic acids is 1. The van der Waals surface area contributed by atoms with Gasteiger partial charge in [-0.2, -0.15) is 0 Å². The lowest BCUT2D eigenvalue weighted by Gasteiger charge is -2.27. The summed E-state index contributed by atoms with van der Waals surface area (Å²) in [4.78, 5) is 32.7. The van der Waals surface area contributed by atoms with Gasteiger partial charge in [-0.1, -0.05) is 41.7 Å². The summed E-state index contributed by atoms with van der Waals surface area (Å²) in [5, 5.41) is 0. The van der Waals surface area contributed by atoms with E-state index in [1.54, 1.807) is 56.7 Å². The van der Waals surface area contributed by atoms with Gasteiger partial charge in [0.1, 0.15) is 23.3 Å². The molecule has 3 heterocycles. The van der Waals surface area contributed by atoms with Gasteiger partial charge in [0, 0.05) is 17.2 Å². The molecule has 8 nitrogen and oxygen atoms in total. The molecule has 5 rings (SSSR count). The standard InChI is InChI=1S/C28H24N2O6S/c1-4-35-27(32)23-24(17-9-6-5-7-10-17)29-28-30(26(31)22(37-28)16-19-11-8-14-36-19)25(23)20-15-18(33-2)12-13-21(20)34-3/h5-16,25H,4H2,1-3H3/b22-16-/t25-/m0/s1. The number of nitrogens with zero attached hydrogens (tertiary/aromatic N) is 2. The van der Waals surface area contributed by atoms with Gasteiger partial charge >= 0.3 is 5.97 Å². The van der Waals surface area contributed by atoms with E-state index in [0.717, 1.165) is 5.56 Å². The van der Waals surface area contributed by atoms with Gasteiger partial charge in [-0.15, -0.1) is 0 Å². The number of methoxy groups -OCH3 is 2. The predicted octanol–water partition coefficient (Wildman–Crippen LogP) is 3.55. The van der Waals surface area contributed by atoms with E-state index in [-0.39, 0.29) is 17.7 Å². The molecule has 9 heteroatoms. The van der Waals surface area contributed by atoms with Crippen molar-refractivity contribution in [1.29, 1.82) is 0 Å². The van der Waals surface area contributed by atoms with Crippen molar-refractivity contribution >= 4 is 29.1 Å². The molecule has 2 aromatic carbocycles. The van der Waals surface area contributed by atoms with Crippen molar-refractivity contribution in [2.75, 3.05) is 20.8 Å². The van der Waals surface area contributed by atoms with Gasteiger partial charge < -0.3 is 18.6 Å². The minimum atomic E-state index is -0.880. The maximum atomic E-state index is 13.8. The number of benzene rings is 2. The lowest BCUT2D eigenvalue weighted by molar-refractivity contribution is -0.138. The van der Waals surface area contributed by atoms with Gasteiger partial charge in [0.05, 0.1) is 42.9 Å². The van der Waals surface area contributed by atoms with E-state index in [9.17, 15) is 9.59 Å². The normalized spacial score (nSPS) is 15.2. The van der Waals surface area contributed by atoms with Crippen molar-refractivity contribution < 1.29 is 23.4 Å². The molecular weight excluding hydrogens is 492 g/mol. The fourth-order valence-corrected chi connectivity index (χ4v) is 5.27. The molecule has 4 aromatic rings. The van der Waals surface area contributed by atoms with E-state index in [1.165, 1.54) is 23.0 Å². The highest BCUT2D eigenvalue weighted by atomic mass is 32.1. The minimum absolute atomic E-state index is 0.162. The summed E-state index contributed by atoms with van der Waals surface area (Å²) in [5.41, 5.74) is 1.64. The molecule has 1 aliphatic rings. The second-order valence-electron chi connectivity index (χ2n) is 8.05. The van der Waals surface area contributed by atoms with Crippen LogP contribution in [0, 0.1) is 0 Å². The third-order valence-corrected chi connectivity index (χ3v) is 6.90. The maximum absolute atomic E-state index is 13.8. The van der Waals surface area contributed by atoms with E-state index < -0.39 is 12.0 Å². The zero-order valence-corrected chi connectivity index (χ0v) is 21.3. The van der Waals surface area contributed by atoms with Crippen molar-refractivity contribution in [1.82, 2.24) is 4.57 Å². The molecule has 1 aliphatic heterocycles. The minimum Gasteiger partial charge on any atom is -0.497 e. The first kappa shape index (κ1) is 24.3. The van der Waals surface area contributed by atoms with E-state index in [1.807, 2.05) is 30.3 Å². The van der Waals surface area contributed by atoms with E-state index in [2.05, 4.69) is 0 Å². The lowest BCUT2D eigenvalue weighted by atomic mass is 9.92. The van der Waals surface area contributed by atoms with Gasteiger partial charge in [0.15, 0.2) is 4.80 Å². The first-order valence-corrected chi connectivity index (χ1v) is 12.4. The number of esters is 1. The molecule has 0 spiro atoms. The summed E-state index contributed by atoms with van der Waals surface area (Å²) in [7, 11) is 3.09. The Morgan fingerprint density at radius 1 is 1.11 bits per heavy atom. The van der Waals surface area contributed by atoms with Crippen molar-refractivity contribution in [3.05, 3.63) is 109 Å². The van der Waals surface area contributed by atoms with Crippen LogP contribution in [0.2, 0.25) is 0 Å². The fourth-order valence-electron chi connectivity index (χ4n) is 4.29. The molecule has 188 valence electrons. The average Bonchev–Trinajstić information content (AvgIpc) is 3.55. The molecule has 0 aliphatic carbocycles. The van der Waals surface area contributed by atoms with Crippen LogP contribution in [-0.4, -0.2) is 31.4 Å². The summed E-state index contributed by atoms with van der Waals surface area (Å²) in [5.74, 6) is 1.01. The maximum Gasteiger partial charge on any atom is 0.338 e. The first-order valence-electron chi connectivity index (χ1n) is 11.6. The summed E-state index contributed by atoms with van der Waals surface area (Å²) in [6.45, 7) is 1.90. The van der Waals surface area contributed by atoms with E-state index >= 15 is 0 Å². The third-order valence-electron chi connectivity index (χ3n) is 5.92. The molecule has 0 N–H and O–H groups in total. The second kappa shape index (κ2) is 10.3. The number of rotatable bonds is 7. The van der Waals surface area contributed by atoms with Crippen molar-refractivity contribution in [3.8, 4) is 11.5 Å². The van der Waals surface area contributed by atoms with Crippen LogP contribution in [-0.2, 0) is 9.53 Å². The van der Waals surface area contributed by atoms with Crippen LogP contribution >= 0.6 is 11.3 Å². The van der Waals surface area contributed by atoms with Crippen LogP contribution in [0.15, 0.2) is 86.7 Å². The van der Waals surface area contributed by atoms with Crippen LogP contribution in [0.25, 0.3) is 11.8 Å². The fraction of sp³-hybridized carbons (Fsp3) is 0.179. The van der Waals surface area contributed by atoms with Crippen LogP contribution < -0.4 is 24.4 Å². The van der Waals surface area contributed by atoms with Gasteiger partial charge in [0.2, 0.25) is 0 Å². The SMILES string of the molecule is CCOC(=O)C1=C(c2ccccc2)N=c2s/c(=C\c3ccco3)c(=O)n2[C@H]1c1cc(OC)ccc1OC. The average molecular weight is 517 g/mol. The van der Waals surface area contributed by atoms with Gasteiger partial charge in [-0.05, 0) is 37.3 Å². The van der Waals surface area contributed by atoms with Crippen LogP contribution in [0.1, 0.15) is 29.9 Å². The number of thiazole rings is 1. The number of ether oxygens (including phenoxy) is 3. The Bertz CT molecular complexity index is 1650. The highest BCUT2D eigenvalue weighted by Gasteiger charge is 2.37. The Hall–Kier alpha value is -4.37. The van der Waals surface area contributed by atoms with Crippen LogP contribution in [0.5, 0.6) is 11.5 Å². The Morgan fingerprint density at radius 3 is 2.59 bits per heavy atom. The Morgan fingerprint density at radius 2 is 1.92 bits per heavy atom. The van der Waals surface area contributed by atoms with Gasteiger partial charge in [0.25, 0.3) is 5.56 Å². The molecule has 0 amide bonds. The summed E-state index contributed by atoms with van der Waals surface area (Å²) >= 11 is 1.22. The summed E-state index contributed by atoms with van der Waals surface area (Å²) in [6, 6.07) is 17.3. The molecule has 37 heavy (non-hydrogen) atoms. The Balaban J connectivity index is 1.89. The first-order chi connectivity index (χ1) is 18.0. The Labute approximate surface area is 216 Å². The van der Waals surface area contributed by atoms with Crippen LogP contribution in [0.4, 0.5) is 0 Å². The third kappa shape index (κ3) is 4.49. The zero-order chi connectivity index (χ0) is 25.9. The molecular formula is C28H24N2O6S. The molecule has 0 saturated carbocycles. The van der Waals surface area contributed by atoms with Gasteiger partial charge in [-0.3, -0.25) is 9.36 Å². The molecule has 0 fully saturated rings. The van der Waals surface area contributed by atoms with E-state index in [4.69, 9.17) is 23.6 Å². The molecule has 2 aromatic heterocycles. The smallest absolute Gasteiger partial charge is 0.338 e. The number of aromatic nitrogens is 1. The number of fused-ring (bicyclic) bond motifs is 1. The number of hydrogen-bond donors (Lipinski definition) is 0. The number of hydrogen-bond acceptors (Lipinski definition) is 8. The Kier molecular flexibility index (Phi) is 6.78. The molecule has 0 unspecified atom stereocenters. The van der Waals surface area contributed by atoms with Crippen molar-refractivity contribution in [2.24, 2.45) is 4.99 Å². The summed E-state index contributed by atoms with van der Waals surface area (Å²) < 4.78 is 24.0. The topological polar surface area (TPSA) is 92.3 Å². The summed E-state index contributed by atoms with van der Waals surface area (Å²) in [6.07, 6.45) is 3.21. The van der Waals surface area contributed by atoms with Gasteiger partial charge in [-0.25, -0.2) is 9.79 Å². The monoisotopic (exact) mass is 516 g/mol. The molecule has 1 atom stereocenters. The highest BCUT2D eigenvalue weighted by Crippen LogP contribution is 2.40.